The Morgan fingerprint density at radius 3 is 2.92 bits per heavy atom. The van der Waals surface area contributed by atoms with Crippen molar-refractivity contribution >= 4 is 6.08 Å². The molecule has 0 radical (unpaired) electrons. The van der Waals surface area contributed by atoms with Crippen molar-refractivity contribution in [3.63, 3.8) is 0 Å². The average molecular weight is 168 g/mol. The molecule has 0 saturated carbocycles. The van der Waals surface area contributed by atoms with Gasteiger partial charge in [0.1, 0.15) is 0 Å². The first kappa shape index (κ1) is 7.14. The van der Waals surface area contributed by atoms with E-state index in [1.165, 1.54) is 17.5 Å². The molecular formula is C13H12. The van der Waals surface area contributed by atoms with Gasteiger partial charge in [-0.1, -0.05) is 48.6 Å². The maximum atomic E-state index is 2.35. The van der Waals surface area contributed by atoms with Gasteiger partial charge in [0, 0.05) is 5.92 Å². The Morgan fingerprint density at radius 1 is 1.00 bits per heavy atom. The summed E-state index contributed by atoms with van der Waals surface area (Å²) in [6, 6.07) is 8.72. The maximum absolute atomic E-state index is 2.35. The molecule has 2 atom stereocenters. The Balaban J connectivity index is 2.20. The third-order valence-electron chi connectivity index (χ3n) is 3.04. The predicted molar refractivity (Wildman–Crippen MR) is 55.5 cm³/mol. The molecule has 3 rings (SSSR count). The van der Waals surface area contributed by atoms with E-state index in [2.05, 4.69) is 48.6 Å². The van der Waals surface area contributed by atoms with Crippen molar-refractivity contribution in [3.8, 4) is 0 Å². The lowest BCUT2D eigenvalue weighted by molar-refractivity contribution is 0.707. The van der Waals surface area contributed by atoms with Crippen LogP contribution in [0, 0.1) is 5.92 Å². The van der Waals surface area contributed by atoms with E-state index >= 15 is 0 Å². The molecule has 0 heterocycles. The number of hydrogen-bond donors (Lipinski definition) is 0. The van der Waals surface area contributed by atoms with E-state index in [0.717, 1.165) is 0 Å². The summed E-state index contributed by atoms with van der Waals surface area (Å²) >= 11 is 0. The van der Waals surface area contributed by atoms with Gasteiger partial charge in [-0.05, 0) is 23.5 Å². The highest BCUT2D eigenvalue weighted by Gasteiger charge is 2.22. The van der Waals surface area contributed by atoms with Gasteiger partial charge in [0.25, 0.3) is 0 Å². The average Bonchev–Trinajstić information content (AvgIpc) is 2.54. The molecule has 0 amide bonds. The minimum absolute atomic E-state index is 0.663. The summed E-state index contributed by atoms with van der Waals surface area (Å²) in [5.74, 6) is 1.34. The first-order valence-electron chi connectivity index (χ1n) is 4.89. The third-order valence-corrected chi connectivity index (χ3v) is 3.04. The summed E-state index contributed by atoms with van der Waals surface area (Å²) in [5, 5.41) is 0. The minimum Gasteiger partial charge on any atom is -0.0810 e. The second kappa shape index (κ2) is 2.59. The maximum Gasteiger partial charge on any atom is 0.00326 e. The summed E-state index contributed by atoms with van der Waals surface area (Å²) in [4.78, 5) is 0. The SMILES string of the molecule is C1=CC2C=CC(C2)c2ccccc21. The number of fused-ring (bicyclic) bond motifs is 4. The lowest BCUT2D eigenvalue weighted by atomic mass is 9.94. The number of benzene rings is 1. The molecule has 0 N–H and O–H groups in total. The molecule has 0 aromatic heterocycles. The van der Waals surface area contributed by atoms with Crippen LogP contribution in [0.3, 0.4) is 0 Å². The van der Waals surface area contributed by atoms with Crippen molar-refractivity contribution in [1.82, 2.24) is 0 Å². The minimum atomic E-state index is 0.663. The summed E-state index contributed by atoms with van der Waals surface area (Å²) < 4.78 is 0. The molecule has 0 heteroatoms. The zero-order valence-corrected chi connectivity index (χ0v) is 7.48. The molecule has 0 saturated heterocycles. The molecule has 0 aliphatic heterocycles. The van der Waals surface area contributed by atoms with Gasteiger partial charge >= 0.3 is 0 Å². The van der Waals surface area contributed by atoms with E-state index in [1.54, 1.807) is 0 Å². The normalized spacial score (nSPS) is 28.6. The second-order valence-corrected chi connectivity index (χ2v) is 3.88. The standard InChI is InChI=1S/C13H12/c1-2-4-13-11(3-1)7-5-10-6-8-12(13)9-10/h1-8,10,12H,9H2. The molecule has 13 heavy (non-hydrogen) atoms. The van der Waals surface area contributed by atoms with Crippen molar-refractivity contribution in [2.24, 2.45) is 5.92 Å². The Morgan fingerprint density at radius 2 is 1.92 bits per heavy atom. The molecule has 1 aromatic carbocycles. The molecule has 2 unspecified atom stereocenters. The van der Waals surface area contributed by atoms with Crippen LogP contribution in [0.1, 0.15) is 23.5 Å². The summed E-state index contributed by atoms with van der Waals surface area (Å²) in [6.45, 7) is 0. The van der Waals surface area contributed by atoms with Crippen molar-refractivity contribution in [2.75, 3.05) is 0 Å². The Bertz CT molecular complexity index is 385. The van der Waals surface area contributed by atoms with Crippen LogP contribution in [0.15, 0.2) is 42.5 Å². The van der Waals surface area contributed by atoms with Crippen molar-refractivity contribution in [1.29, 1.82) is 0 Å². The zero-order chi connectivity index (χ0) is 8.67. The Kier molecular flexibility index (Phi) is 1.42. The quantitative estimate of drug-likeness (QED) is 0.521. The molecule has 2 bridgehead atoms. The van der Waals surface area contributed by atoms with E-state index < -0.39 is 0 Å². The van der Waals surface area contributed by atoms with E-state index in [-0.39, 0.29) is 0 Å². The second-order valence-electron chi connectivity index (χ2n) is 3.88. The molecule has 1 aromatic rings. The highest BCUT2D eigenvalue weighted by molar-refractivity contribution is 5.58. The molecule has 0 fully saturated rings. The topological polar surface area (TPSA) is 0 Å². The van der Waals surface area contributed by atoms with Crippen LogP contribution in [0.5, 0.6) is 0 Å². The molecular weight excluding hydrogens is 156 g/mol. The number of rotatable bonds is 0. The molecule has 2 aliphatic carbocycles. The van der Waals surface area contributed by atoms with Crippen LogP contribution < -0.4 is 0 Å². The fourth-order valence-electron chi connectivity index (χ4n) is 2.33. The lowest BCUT2D eigenvalue weighted by Gasteiger charge is -2.09. The van der Waals surface area contributed by atoms with Gasteiger partial charge in [0.2, 0.25) is 0 Å². The van der Waals surface area contributed by atoms with Gasteiger partial charge in [-0.25, -0.2) is 0 Å². The van der Waals surface area contributed by atoms with Crippen LogP contribution in [-0.4, -0.2) is 0 Å². The Hall–Kier alpha value is -1.30. The summed E-state index contributed by atoms with van der Waals surface area (Å²) in [5.41, 5.74) is 2.90. The fourth-order valence-corrected chi connectivity index (χ4v) is 2.33. The first-order chi connectivity index (χ1) is 6.43. The van der Waals surface area contributed by atoms with Gasteiger partial charge in [-0.15, -0.1) is 0 Å². The molecule has 0 nitrogen and oxygen atoms in total. The molecule has 2 aliphatic rings. The van der Waals surface area contributed by atoms with E-state index in [0.29, 0.717) is 11.8 Å². The van der Waals surface area contributed by atoms with Crippen LogP contribution >= 0.6 is 0 Å². The summed E-state index contributed by atoms with van der Waals surface area (Å²) in [6.07, 6.45) is 10.5. The van der Waals surface area contributed by atoms with Crippen molar-refractivity contribution in [2.45, 2.75) is 12.3 Å². The van der Waals surface area contributed by atoms with Crippen LogP contribution in [0.4, 0.5) is 0 Å². The van der Waals surface area contributed by atoms with Gasteiger partial charge in [-0.2, -0.15) is 0 Å². The smallest absolute Gasteiger partial charge is 0.00326 e. The highest BCUT2D eigenvalue weighted by atomic mass is 14.3. The number of allylic oxidation sites excluding steroid dienone is 3. The van der Waals surface area contributed by atoms with Gasteiger partial charge in [0.15, 0.2) is 0 Å². The van der Waals surface area contributed by atoms with Crippen LogP contribution in [0.2, 0.25) is 0 Å². The van der Waals surface area contributed by atoms with E-state index in [9.17, 15) is 0 Å². The molecule has 64 valence electrons. The lowest BCUT2D eigenvalue weighted by Crippen LogP contribution is -1.94. The zero-order valence-electron chi connectivity index (χ0n) is 7.48. The monoisotopic (exact) mass is 168 g/mol. The first-order valence-corrected chi connectivity index (χ1v) is 4.89. The molecule has 0 spiro atoms. The van der Waals surface area contributed by atoms with Gasteiger partial charge in [-0.3, -0.25) is 0 Å². The third kappa shape index (κ3) is 1.06. The predicted octanol–water partition coefficient (Wildman–Crippen LogP) is 3.37. The van der Waals surface area contributed by atoms with E-state index in [1.807, 2.05) is 0 Å². The van der Waals surface area contributed by atoms with Gasteiger partial charge < -0.3 is 0 Å². The van der Waals surface area contributed by atoms with Crippen molar-refractivity contribution < 1.29 is 0 Å². The largest absolute Gasteiger partial charge is 0.0810 e. The summed E-state index contributed by atoms with van der Waals surface area (Å²) in [7, 11) is 0. The van der Waals surface area contributed by atoms with Crippen LogP contribution in [0.25, 0.3) is 6.08 Å². The van der Waals surface area contributed by atoms with Gasteiger partial charge in [0.05, 0.1) is 0 Å². The number of hydrogen-bond acceptors (Lipinski definition) is 0. The van der Waals surface area contributed by atoms with E-state index in [4.69, 9.17) is 0 Å². The Labute approximate surface area is 78.6 Å². The van der Waals surface area contributed by atoms with Crippen LogP contribution in [-0.2, 0) is 0 Å². The van der Waals surface area contributed by atoms with Crippen molar-refractivity contribution in [3.05, 3.63) is 53.6 Å². The fraction of sp³-hybridized carbons (Fsp3) is 0.231. The highest BCUT2D eigenvalue weighted by Crippen LogP contribution is 2.37.